The second kappa shape index (κ2) is 4.35. The van der Waals surface area contributed by atoms with Crippen LogP contribution in [0, 0.1) is 5.92 Å². The number of thiazole rings is 1. The van der Waals surface area contributed by atoms with E-state index in [4.69, 9.17) is 5.11 Å². The summed E-state index contributed by atoms with van der Waals surface area (Å²) in [6, 6.07) is 5.18. The van der Waals surface area contributed by atoms with Crippen molar-refractivity contribution in [3.05, 3.63) is 28.8 Å². The Bertz CT molecular complexity index is 605. The first-order valence-corrected chi connectivity index (χ1v) is 7.10. The number of aromatic nitrogens is 1. The van der Waals surface area contributed by atoms with Crippen LogP contribution < -0.4 is 0 Å². The van der Waals surface area contributed by atoms with Crippen LogP contribution in [0.2, 0.25) is 0 Å². The van der Waals surface area contributed by atoms with Crippen LogP contribution in [0.25, 0.3) is 10.2 Å². The van der Waals surface area contributed by atoms with Crippen LogP contribution in [0.4, 0.5) is 0 Å². The molecule has 1 aromatic heterocycles. The Kier molecular flexibility index (Phi) is 2.82. The Labute approximate surface area is 109 Å². The van der Waals surface area contributed by atoms with Crippen LogP contribution in [0.5, 0.6) is 0 Å². The Hall–Kier alpha value is -1.42. The zero-order valence-corrected chi connectivity index (χ0v) is 11.0. The summed E-state index contributed by atoms with van der Waals surface area (Å²) in [4.78, 5) is 15.6. The van der Waals surface area contributed by atoms with Gasteiger partial charge in [0.25, 0.3) is 0 Å². The van der Waals surface area contributed by atoms with Crippen LogP contribution in [0.15, 0.2) is 18.2 Å². The van der Waals surface area contributed by atoms with Gasteiger partial charge >= 0.3 is 5.97 Å². The van der Waals surface area contributed by atoms with Crippen LogP contribution in [0.3, 0.4) is 0 Å². The molecule has 1 heterocycles. The van der Waals surface area contributed by atoms with Gasteiger partial charge in [-0.1, -0.05) is 19.8 Å². The molecule has 0 radical (unpaired) electrons. The summed E-state index contributed by atoms with van der Waals surface area (Å²) in [6.45, 7) is 2.28. The smallest absolute Gasteiger partial charge is 0.335 e. The molecule has 1 saturated carbocycles. The molecule has 0 amide bonds. The molecule has 0 saturated heterocycles. The van der Waals surface area contributed by atoms with Crippen LogP contribution in [0.1, 0.15) is 47.5 Å². The average Bonchev–Trinajstić information content (AvgIpc) is 2.92. The number of carboxylic acid groups (broad SMARTS) is 1. The lowest BCUT2D eigenvalue weighted by molar-refractivity contribution is 0.0697. The van der Waals surface area contributed by atoms with E-state index in [2.05, 4.69) is 11.9 Å². The minimum atomic E-state index is -0.874. The first kappa shape index (κ1) is 11.7. The van der Waals surface area contributed by atoms with E-state index in [-0.39, 0.29) is 0 Å². The topological polar surface area (TPSA) is 50.2 Å². The average molecular weight is 261 g/mol. The van der Waals surface area contributed by atoms with E-state index >= 15 is 0 Å². The molecule has 4 heteroatoms. The Morgan fingerprint density at radius 1 is 1.44 bits per heavy atom. The molecule has 2 unspecified atom stereocenters. The SMILES string of the molecule is CC1CCCC1c1nc2ccc(C(=O)O)cc2s1. The first-order valence-electron chi connectivity index (χ1n) is 6.29. The molecule has 1 aromatic carbocycles. The standard InChI is InChI=1S/C14H15NO2S/c1-8-3-2-4-10(8)13-15-11-6-5-9(14(16)17)7-12(11)18-13/h5-8,10H,2-4H2,1H3,(H,16,17). The molecule has 0 bridgehead atoms. The van der Waals surface area contributed by atoms with Crippen LogP contribution in [-0.4, -0.2) is 16.1 Å². The summed E-state index contributed by atoms with van der Waals surface area (Å²) in [6.07, 6.45) is 3.77. The van der Waals surface area contributed by atoms with E-state index in [1.165, 1.54) is 24.3 Å². The molecular weight excluding hydrogens is 246 g/mol. The van der Waals surface area contributed by atoms with Crippen molar-refractivity contribution in [1.82, 2.24) is 4.98 Å². The van der Waals surface area contributed by atoms with Crippen molar-refractivity contribution in [3.63, 3.8) is 0 Å². The summed E-state index contributed by atoms with van der Waals surface area (Å²) in [5, 5.41) is 10.2. The third-order valence-electron chi connectivity index (χ3n) is 3.83. The van der Waals surface area contributed by atoms with Crippen molar-refractivity contribution in [2.45, 2.75) is 32.1 Å². The van der Waals surface area contributed by atoms with Gasteiger partial charge in [0.2, 0.25) is 0 Å². The largest absolute Gasteiger partial charge is 0.478 e. The Balaban J connectivity index is 2.02. The number of nitrogens with zero attached hydrogens (tertiary/aromatic N) is 1. The number of fused-ring (bicyclic) bond motifs is 1. The molecule has 1 aliphatic rings. The van der Waals surface area contributed by atoms with Gasteiger partial charge in [-0.2, -0.15) is 0 Å². The molecule has 0 aliphatic heterocycles. The fourth-order valence-corrected chi connectivity index (χ4v) is 4.02. The van der Waals surface area contributed by atoms with Crippen molar-refractivity contribution in [2.24, 2.45) is 5.92 Å². The molecule has 2 atom stereocenters. The monoisotopic (exact) mass is 261 g/mol. The van der Waals surface area contributed by atoms with Crippen LogP contribution in [-0.2, 0) is 0 Å². The first-order chi connectivity index (χ1) is 8.65. The van der Waals surface area contributed by atoms with Crippen molar-refractivity contribution in [3.8, 4) is 0 Å². The second-order valence-electron chi connectivity index (χ2n) is 5.05. The molecule has 1 N–H and O–H groups in total. The van der Waals surface area contributed by atoms with E-state index in [0.717, 1.165) is 10.2 Å². The number of hydrogen-bond acceptors (Lipinski definition) is 3. The predicted octanol–water partition coefficient (Wildman–Crippen LogP) is 3.90. The Morgan fingerprint density at radius 3 is 2.94 bits per heavy atom. The van der Waals surface area contributed by atoms with Gasteiger partial charge in [0, 0.05) is 5.92 Å². The van der Waals surface area contributed by atoms with Crippen molar-refractivity contribution in [2.75, 3.05) is 0 Å². The van der Waals surface area contributed by atoms with Gasteiger partial charge in [0.05, 0.1) is 20.8 Å². The third-order valence-corrected chi connectivity index (χ3v) is 4.98. The lowest BCUT2D eigenvalue weighted by Gasteiger charge is -2.10. The van der Waals surface area contributed by atoms with Crippen molar-refractivity contribution in [1.29, 1.82) is 0 Å². The highest BCUT2D eigenvalue weighted by Gasteiger charge is 2.27. The molecule has 2 aromatic rings. The van der Waals surface area contributed by atoms with Gasteiger partial charge in [0.15, 0.2) is 0 Å². The summed E-state index contributed by atoms with van der Waals surface area (Å²) >= 11 is 1.66. The molecule has 3 rings (SSSR count). The maximum Gasteiger partial charge on any atom is 0.335 e. The molecule has 94 valence electrons. The third kappa shape index (κ3) is 1.90. The van der Waals surface area contributed by atoms with E-state index in [9.17, 15) is 4.79 Å². The lowest BCUT2D eigenvalue weighted by atomic mass is 9.99. The number of aromatic carboxylic acids is 1. The summed E-state index contributed by atoms with van der Waals surface area (Å²) in [7, 11) is 0. The minimum Gasteiger partial charge on any atom is -0.478 e. The molecule has 3 nitrogen and oxygen atoms in total. The van der Waals surface area contributed by atoms with E-state index in [1.54, 1.807) is 23.5 Å². The number of rotatable bonds is 2. The predicted molar refractivity (Wildman–Crippen MR) is 72.3 cm³/mol. The molecule has 1 aliphatic carbocycles. The van der Waals surface area contributed by atoms with Gasteiger partial charge in [0.1, 0.15) is 0 Å². The highest BCUT2D eigenvalue weighted by Crippen LogP contribution is 2.41. The molecule has 18 heavy (non-hydrogen) atoms. The van der Waals surface area contributed by atoms with Gasteiger partial charge in [-0.25, -0.2) is 9.78 Å². The van der Waals surface area contributed by atoms with Gasteiger partial charge in [-0.05, 0) is 30.5 Å². The summed E-state index contributed by atoms with van der Waals surface area (Å²) in [5.41, 5.74) is 1.27. The highest BCUT2D eigenvalue weighted by molar-refractivity contribution is 7.18. The number of benzene rings is 1. The highest BCUT2D eigenvalue weighted by atomic mass is 32.1. The fraction of sp³-hybridized carbons (Fsp3) is 0.429. The van der Waals surface area contributed by atoms with Crippen molar-refractivity contribution >= 4 is 27.5 Å². The minimum absolute atomic E-state index is 0.345. The number of carbonyl (C=O) groups is 1. The maximum absolute atomic E-state index is 10.9. The molecule has 1 fully saturated rings. The van der Waals surface area contributed by atoms with Crippen LogP contribution >= 0.6 is 11.3 Å². The zero-order valence-electron chi connectivity index (χ0n) is 10.2. The van der Waals surface area contributed by atoms with Gasteiger partial charge < -0.3 is 5.11 Å². The fourth-order valence-electron chi connectivity index (χ4n) is 2.75. The van der Waals surface area contributed by atoms with E-state index in [0.29, 0.717) is 17.4 Å². The van der Waals surface area contributed by atoms with Crippen molar-refractivity contribution < 1.29 is 9.90 Å². The molecular formula is C14H15NO2S. The second-order valence-corrected chi connectivity index (χ2v) is 6.12. The Morgan fingerprint density at radius 2 is 2.28 bits per heavy atom. The number of hydrogen-bond donors (Lipinski definition) is 1. The zero-order chi connectivity index (χ0) is 12.7. The van der Waals surface area contributed by atoms with E-state index in [1.807, 2.05) is 6.07 Å². The van der Waals surface area contributed by atoms with Gasteiger partial charge in [-0.15, -0.1) is 11.3 Å². The lowest BCUT2D eigenvalue weighted by Crippen LogP contribution is -2.00. The summed E-state index contributed by atoms with van der Waals surface area (Å²) in [5.74, 6) is 0.390. The summed E-state index contributed by atoms with van der Waals surface area (Å²) < 4.78 is 0.990. The quantitative estimate of drug-likeness (QED) is 0.892. The molecule has 0 spiro atoms. The normalized spacial score (nSPS) is 23.6. The van der Waals surface area contributed by atoms with E-state index < -0.39 is 5.97 Å². The van der Waals surface area contributed by atoms with Gasteiger partial charge in [-0.3, -0.25) is 0 Å². The number of carboxylic acids is 1. The maximum atomic E-state index is 10.9.